The van der Waals surface area contributed by atoms with E-state index in [2.05, 4.69) is 15.4 Å². The largest absolute Gasteiger partial charge is 0.461 e. The third kappa shape index (κ3) is 5.25. The summed E-state index contributed by atoms with van der Waals surface area (Å²) in [6.45, 7) is 2.55. The molecule has 1 aliphatic heterocycles. The molecule has 2 atom stereocenters. The van der Waals surface area contributed by atoms with E-state index in [9.17, 15) is 18.4 Å². The van der Waals surface area contributed by atoms with Crippen molar-refractivity contribution in [3.63, 3.8) is 0 Å². The normalized spacial score (nSPS) is 18.3. The molecule has 3 heterocycles. The first-order valence-corrected chi connectivity index (χ1v) is 11.7. The van der Waals surface area contributed by atoms with Crippen molar-refractivity contribution in [1.82, 2.24) is 14.8 Å². The summed E-state index contributed by atoms with van der Waals surface area (Å²) in [7, 11) is 1.73. The quantitative estimate of drug-likeness (QED) is 0.449. The molecule has 35 heavy (non-hydrogen) atoms. The number of carbonyl (C=O) groups is 2. The van der Waals surface area contributed by atoms with Crippen LogP contribution in [0.15, 0.2) is 24.3 Å². The van der Waals surface area contributed by atoms with Crippen LogP contribution in [0.2, 0.25) is 0 Å². The van der Waals surface area contributed by atoms with Crippen LogP contribution < -0.4 is 21.7 Å². The number of aryl methyl sites for hydroxylation is 1. The van der Waals surface area contributed by atoms with Gasteiger partial charge in [0.05, 0.1) is 5.56 Å². The molecule has 1 saturated heterocycles. The van der Waals surface area contributed by atoms with Crippen molar-refractivity contribution in [3.8, 4) is 10.6 Å². The van der Waals surface area contributed by atoms with Gasteiger partial charge in [0.1, 0.15) is 33.6 Å². The van der Waals surface area contributed by atoms with Crippen molar-refractivity contribution in [3.05, 3.63) is 41.6 Å². The molecule has 3 aromatic rings. The zero-order valence-electron chi connectivity index (χ0n) is 19.1. The molecule has 0 spiro atoms. The van der Waals surface area contributed by atoms with Gasteiger partial charge in [-0.15, -0.1) is 0 Å². The minimum atomic E-state index is -0.798. The smallest absolute Gasteiger partial charge is 0.302 e. The maximum absolute atomic E-state index is 14.1. The molecule has 0 unspecified atom stereocenters. The lowest BCUT2D eigenvalue weighted by Crippen LogP contribution is -2.37. The molecule has 4 rings (SSSR count). The van der Waals surface area contributed by atoms with Crippen LogP contribution in [0, 0.1) is 11.6 Å². The predicted molar refractivity (Wildman–Crippen MR) is 128 cm³/mol. The summed E-state index contributed by atoms with van der Waals surface area (Å²) in [6, 6.07) is 4.86. The number of rotatable bonds is 5. The lowest BCUT2D eigenvalue weighted by atomic mass is 10.1. The number of hydrogen-bond acceptors (Lipinski definition) is 9. The molecule has 0 bridgehead atoms. The van der Waals surface area contributed by atoms with Crippen molar-refractivity contribution >= 4 is 39.9 Å². The Morgan fingerprint density at radius 1 is 1.23 bits per heavy atom. The van der Waals surface area contributed by atoms with Crippen molar-refractivity contribution in [2.45, 2.75) is 31.9 Å². The summed E-state index contributed by atoms with van der Waals surface area (Å²) in [5.74, 6) is -1.63. The Balaban J connectivity index is 1.49. The summed E-state index contributed by atoms with van der Waals surface area (Å²) in [5, 5.41) is 6.96. The van der Waals surface area contributed by atoms with Crippen LogP contribution in [0.4, 0.5) is 25.4 Å². The summed E-state index contributed by atoms with van der Waals surface area (Å²) in [6.07, 6.45) is 0.791. The lowest BCUT2D eigenvalue weighted by molar-refractivity contribution is -0.147. The van der Waals surface area contributed by atoms with Crippen LogP contribution in [0.3, 0.4) is 0 Å². The number of nitrogens with two attached hydrogens (primary N) is 2. The Bertz CT molecular complexity index is 1240. The highest BCUT2D eigenvalue weighted by Crippen LogP contribution is 2.34. The second-order valence-corrected chi connectivity index (χ2v) is 9.20. The molecule has 0 aliphatic carbocycles. The molecule has 1 fully saturated rings. The number of nitrogens with one attached hydrogen (secondary N) is 1. The van der Waals surface area contributed by atoms with E-state index in [0.717, 1.165) is 29.3 Å². The van der Waals surface area contributed by atoms with Gasteiger partial charge < -0.3 is 26.4 Å². The number of nitrogens with zero attached hydrogens (tertiary/aromatic N) is 4. The first kappa shape index (κ1) is 24.5. The number of hydrogen-bond donors (Lipinski definition) is 3. The number of ether oxygens (including phenoxy) is 1. The summed E-state index contributed by atoms with van der Waals surface area (Å²) < 4.78 is 35.2. The second-order valence-electron chi connectivity index (χ2n) is 8.17. The highest BCUT2D eigenvalue weighted by atomic mass is 32.1. The Labute approximate surface area is 203 Å². The third-order valence-corrected chi connectivity index (χ3v) is 6.58. The van der Waals surface area contributed by atoms with Crippen molar-refractivity contribution in [2.75, 3.05) is 29.0 Å². The first-order chi connectivity index (χ1) is 16.6. The molecule has 1 aromatic carbocycles. The van der Waals surface area contributed by atoms with E-state index in [0.29, 0.717) is 25.9 Å². The number of benzene rings is 1. The minimum absolute atomic E-state index is 0.0225. The molecular formula is C22H25F2N7O3S. The summed E-state index contributed by atoms with van der Waals surface area (Å²) in [5.41, 5.74) is 11.6. The fraction of sp³-hybridized carbons (Fsp3) is 0.364. The molecule has 1 amide bonds. The van der Waals surface area contributed by atoms with Crippen LogP contribution in [-0.2, 0) is 16.6 Å². The third-order valence-electron chi connectivity index (χ3n) is 5.68. The minimum Gasteiger partial charge on any atom is -0.461 e. The first-order valence-electron chi connectivity index (χ1n) is 10.9. The zero-order chi connectivity index (χ0) is 25.3. The van der Waals surface area contributed by atoms with Crippen LogP contribution >= 0.6 is 11.3 Å². The van der Waals surface area contributed by atoms with E-state index < -0.39 is 17.5 Å². The average molecular weight is 506 g/mol. The van der Waals surface area contributed by atoms with E-state index in [4.69, 9.17) is 16.2 Å². The van der Waals surface area contributed by atoms with Gasteiger partial charge in [-0.25, -0.2) is 13.8 Å². The standard InChI is InChI=1S/C22H25F2N7O3S/c1-11(32)34-15-7-9-31(8-6-14(15)25)17-10-16(29-30(17)2)27-21(33)19-20(26)35-22(28-19)18-12(23)4-3-5-13(18)24/h3-5,10,14-15H,6-9,25-26H2,1-2H3,(H,27,29,33)/t14-,15+/m0/s1. The number of halogens is 2. The Morgan fingerprint density at radius 2 is 1.91 bits per heavy atom. The van der Waals surface area contributed by atoms with Crippen molar-refractivity contribution < 1.29 is 23.1 Å². The topological polar surface area (TPSA) is 141 Å². The second kappa shape index (κ2) is 9.96. The molecule has 5 N–H and O–H groups in total. The van der Waals surface area contributed by atoms with E-state index in [1.807, 2.05) is 4.90 Å². The SMILES string of the molecule is CC(=O)O[C@@H]1CCN(c2cc(NC(=O)c3nc(-c4c(F)cccc4F)sc3N)nn2C)CC[C@@H]1N. The van der Waals surface area contributed by atoms with Gasteiger partial charge in [0.25, 0.3) is 5.91 Å². The highest BCUT2D eigenvalue weighted by Gasteiger charge is 2.28. The molecule has 0 radical (unpaired) electrons. The van der Waals surface area contributed by atoms with Gasteiger partial charge >= 0.3 is 5.97 Å². The van der Waals surface area contributed by atoms with Crippen molar-refractivity contribution in [1.29, 1.82) is 0 Å². The number of carbonyl (C=O) groups excluding carboxylic acids is 2. The van der Waals surface area contributed by atoms with Crippen LogP contribution in [-0.4, -0.2) is 51.9 Å². The van der Waals surface area contributed by atoms with Crippen LogP contribution in [0.25, 0.3) is 10.6 Å². The van der Waals surface area contributed by atoms with E-state index >= 15 is 0 Å². The van der Waals surface area contributed by atoms with E-state index in [-0.39, 0.29) is 45.2 Å². The van der Waals surface area contributed by atoms with Gasteiger partial charge in [0, 0.05) is 45.6 Å². The molecule has 10 nitrogen and oxygen atoms in total. The van der Waals surface area contributed by atoms with Crippen LogP contribution in [0.5, 0.6) is 0 Å². The number of amides is 1. The van der Waals surface area contributed by atoms with Gasteiger partial charge in [-0.3, -0.25) is 14.3 Å². The van der Waals surface area contributed by atoms with Crippen molar-refractivity contribution in [2.24, 2.45) is 12.8 Å². The number of anilines is 3. The highest BCUT2D eigenvalue weighted by molar-refractivity contribution is 7.19. The zero-order valence-corrected chi connectivity index (χ0v) is 19.9. The van der Waals surface area contributed by atoms with Gasteiger partial charge in [0.2, 0.25) is 0 Å². The molecule has 1 aliphatic rings. The van der Waals surface area contributed by atoms with E-state index in [1.54, 1.807) is 17.8 Å². The van der Waals surface area contributed by atoms with E-state index in [1.165, 1.54) is 13.0 Å². The van der Waals surface area contributed by atoms with Gasteiger partial charge in [-0.05, 0) is 18.6 Å². The number of thiazole rings is 1. The monoisotopic (exact) mass is 505 g/mol. The van der Waals surface area contributed by atoms with Gasteiger partial charge in [0.15, 0.2) is 11.5 Å². The summed E-state index contributed by atoms with van der Waals surface area (Å²) in [4.78, 5) is 30.3. The molecule has 0 saturated carbocycles. The molecule has 13 heteroatoms. The molecule has 186 valence electrons. The lowest BCUT2D eigenvalue weighted by Gasteiger charge is -2.22. The Hall–Kier alpha value is -3.58. The Kier molecular flexibility index (Phi) is 6.98. The van der Waals surface area contributed by atoms with Crippen LogP contribution in [0.1, 0.15) is 30.3 Å². The molecular weight excluding hydrogens is 480 g/mol. The molecule has 2 aromatic heterocycles. The average Bonchev–Trinajstić information content (AvgIpc) is 3.28. The fourth-order valence-corrected chi connectivity index (χ4v) is 4.86. The van der Waals surface area contributed by atoms with Gasteiger partial charge in [-0.2, -0.15) is 5.10 Å². The van der Waals surface area contributed by atoms with Gasteiger partial charge in [-0.1, -0.05) is 17.4 Å². The fourth-order valence-electron chi connectivity index (χ4n) is 3.98. The maximum atomic E-state index is 14.1. The predicted octanol–water partition coefficient (Wildman–Crippen LogP) is 2.52. The summed E-state index contributed by atoms with van der Waals surface area (Å²) >= 11 is 0.817. The maximum Gasteiger partial charge on any atom is 0.302 e. The number of esters is 1. The number of nitrogen functional groups attached to an aromatic ring is 1. The Morgan fingerprint density at radius 3 is 2.60 bits per heavy atom. The number of aromatic nitrogens is 3.